The Bertz CT molecular complexity index is 2210. The number of nitrogens with zero attached hydrogens (tertiary/aromatic N) is 2. The standard InChI is InChI=1S/C43H34N2/c1-2-29-28-41(44-43(31-17-7-4-8-18-31)45-42(29)30-15-5-3-6-16-30)39-24-14-9-19-33(39)32-25-26-38-36-22-11-10-20-34(36)35-21-12-13-23-37(35)40(38)27-32/h4-5,7-29H,2-3,6H2,1H3. The molecule has 0 radical (unpaired) electrons. The summed E-state index contributed by atoms with van der Waals surface area (Å²) in [6.45, 7) is 2.25. The maximum atomic E-state index is 5.34. The van der Waals surface area contributed by atoms with Crippen LogP contribution in [0.4, 0.5) is 0 Å². The first kappa shape index (κ1) is 27.2. The lowest BCUT2D eigenvalue weighted by Crippen LogP contribution is -2.16. The van der Waals surface area contributed by atoms with Gasteiger partial charge in [-0.25, -0.2) is 9.98 Å². The van der Waals surface area contributed by atoms with Crippen LogP contribution < -0.4 is 0 Å². The van der Waals surface area contributed by atoms with E-state index in [0.29, 0.717) is 0 Å². The zero-order valence-corrected chi connectivity index (χ0v) is 25.4. The Hall–Kier alpha value is -5.34. The average Bonchev–Trinajstić information content (AvgIpc) is 3.32. The van der Waals surface area contributed by atoms with E-state index in [1.54, 1.807) is 0 Å². The van der Waals surface area contributed by atoms with Crippen molar-refractivity contribution < 1.29 is 0 Å². The fourth-order valence-electron chi connectivity index (χ4n) is 6.94. The molecule has 216 valence electrons. The molecule has 0 spiro atoms. The van der Waals surface area contributed by atoms with Gasteiger partial charge in [0.2, 0.25) is 0 Å². The molecule has 0 saturated carbocycles. The molecule has 1 aliphatic carbocycles. The van der Waals surface area contributed by atoms with Gasteiger partial charge in [-0.2, -0.15) is 0 Å². The smallest absolute Gasteiger partial charge is 0.160 e. The summed E-state index contributed by atoms with van der Waals surface area (Å²) < 4.78 is 0. The monoisotopic (exact) mass is 578 g/mol. The molecule has 0 saturated heterocycles. The zero-order chi connectivity index (χ0) is 30.2. The Kier molecular flexibility index (Phi) is 7.04. The normalized spacial score (nSPS) is 16.7. The molecule has 45 heavy (non-hydrogen) atoms. The number of allylic oxidation sites excluding steroid dienone is 5. The summed E-state index contributed by atoms with van der Waals surface area (Å²) in [7, 11) is 0. The minimum atomic E-state index is 0.152. The highest BCUT2D eigenvalue weighted by molar-refractivity contribution is 6.26. The molecule has 6 aromatic rings. The first-order chi connectivity index (χ1) is 22.3. The maximum absolute atomic E-state index is 5.34. The lowest BCUT2D eigenvalue weighted by molar-refractivity contribution is 0.817. The summed E-state index contributed by atoms with van der Waals surface area (Å²) in [4.78, 5) is 10.6. The fraction of sp³-hybridized carbons (Fsp3) is 0.116. The molecule has 2 aliphatic rings. The SMILES string of the molecule is CCC1C=C(c2ccccc2-c2ccc3c4ccccc4c4ccccc4c3c2)N=C(c2ccccc2)N=C1C1=CCCC=C1. The fourth-order valence-corrected chi connectivity index (χ4v) is 6.94. The highest BCUT2D eigenvalue weighted by Crippen LogP contribution is 2.39. The maximum Gasteiger partial charge on any atom is 0.160 e. The highest BCUT2D eigenvalue weighted by atomic mass is 14.9. The average molecular weight is 579 g/mol. The number of amidine groups is 1. The first-order valence-corrected chi connectivity index (χ1v) is 16.0. The van der Waals surface area contributed by atoms with Gasteiger partial charge in [0.15, 0.2) is 5.84 Å². The van der Waals surface area contributed by atoms with Crippen LogP contribution in [-0.2, 0) is 0 Å². The van der Waals surface area contributed by atoms with Crippen molar-refractivity contribution in [1.29, 1.82) is 0 Å². The van der Waals surface area contributed by atoms with E-state index >= 15 is 0 Å². The largest absolute Gasteiger partial charge is 0.232 e. The molecule has 2 heteroatoms. The van der Waals surface area contributed by atoms with Crippen LogP contribution in [0.15, 0.2) is 161 Å². The van der Waals surface area contributed by atoms with E-state index in [1.165, 1.54) is 49.0 Å². The molecule has 0 N–H and O–H groups in total. The van der Waals surface area contributed by atoms with E-state index in [4.69, 9.17) is 9.98 Å². The molecular weight excluding hydrogens is 544 g/mol. The van der Waals surface area contributed by atoms with Gasteiger partial charge >= 0.3 is 0 Å². The van der Waals surface area contributed by atoms with Crippen LogP contribution in [0.3, 0.4) is 0 Å². The van der Waals surface area contributed by atoms with Gasteiger partial charge in [-0.3, -0.25) is 0 Å². The number of hydrogen-bond acceptors (Lipinski definition) is 2. The molecule has 8 rings (SSSR count). The molecule has 1 aliphatic heterocycles. The summed E-state index contributed by atoms with van der Waals surface area (Å²) in [5.74, 6) is 0.914. The van der Waals surface area contributed by atoms with Crippen LogP contribution in [-0.4, -0.2) is 11.5 Å². The van der Waals surface area contributed by atoms with Gasteiger partial charge in [-0.05, 0) is 80.4 Å². The molecule has 0 aromatic heterocycles. The summed E-state index contributed by atoms with van der Waals surface area (Å²) in [6.07, 6.45) is 12.3. The van der Waals surface area contributed by atoms with Crippen LogP contribution in [0.1, 0.15) is 37.3 Å². The van der Waals surface area contributed by atoms with E-state index < -0.39 is 0 Å². The lowest BCUT2D eigenvalue weighted by Gasteiger charge is -2.17. The zero-order valence-electron chi connectivity index (χ0n) is 25.4. The number of fused-ring (bicyclic) bond motifs is 6. The summed E-state index contributed by atoms with van der Waals surface area (Å²) in [5.41, 5.74) is 7.81. The summed E-state index contributed by atoms with van der Waals surface area (Å²) in [5, 5.41) is 7.70. The molecule has 6 aromatic carbocycles. The van der Waals surface area contributed by atoms with E-state index in [-0.39, 0.29) is 5.92 Å². The highest BCUT2D eigenvalue weighted by Gasteiger charge is 2.23. The van der Waals surface area contributed by atoms with Crippen molar-refractivity contribution in [3.63, 3.8) is 0 Å². The van der Waals surface area contributed by atoms with Crippen molar-refractivity contribution in [1.82, 2.24) is 0 Å². The van der Waals surface area contributed by atoms with Crippen molar-refractivity contribution in [2.24, 2.45) is 15.9 Å². The third-order valence-electron chi connectivity index (χ3n) is 9.18. The minimum Gasteiger partial charge on any atom is -0.232 e. The number of aliphatic imine (C=N–C) groups is 2. The second-order valence-corrected chi connectivity index (χ2v) is 11.9. The van der Waals surface area contributed by atoms with E-state index in [9.17, 15) is 0 Å². The van der Waals surface area contributed by atoms with E-state index in [2.05, 4.69) is 146 Å². The second kappa shape index (κ2) is 11.6. The summed E-state index contributed by atoms with van der Waals surface area (Å²) >= 11 is 0. The number of benzene rings is 6. The van der Waals surface area contributed by atoms with Gasteiger partial charge in [0.05, 0.1) is 11.4 Å². The van der Waals surface area contributed by atoms with Crippen molar-refractivity contribution in [3.8, 4) is 11.1 Å². The van der Waals surface area contributed by atoms with Crippen molar-refractivity contribution in [2.75, 3.05) is 0 Å². The summed E-state index contributed by atoms with van der Waals surface area (Å²) in [6, 6.07) is 43.6. The Labute approximate surface area is 264 Å². The molecule has 2 nitrogen and oxygen atoms in total. The molecule has 0 fully saturated rings. The predicted octanol–water partition coefficient (Wildman–Crippen LogP) is 11.4. The van der Waals surface area contributed by atoms with Gasteiger partial charge < -0.3 is 0 Å². The molecule has 0 amide bonds. The predicted molar refractivity (Wildman–Crippen MR) is 193 cm³/mol. The molecule has 1 unspecified atom stereocenters. The van der Waals surface area contributed by atoms with E-state index in [1.807, 2.05) is 6.07 Å². The van der Waals surface area contributed by atoms with Gasteiger partial charge in [0.25, 0.3) is 0 Å². The van der Waals surface area contributed by atoms with Crippen LogP contribution in [0.5, 0.6) is 0 Å². The topological polar surface area (TPSA) is 24.7 Å². The quantitative estimate of drug-likeness (QED) is 0.182. The lowest BCUT2D eigenvalue weighted by atomic mass is 9.88. The van der Waals surface area contributed by atoms with Gasteiger partial charge in [-0.15, -0.1) is 0 Å². The van der Waals surface area contributed by atoms with Crippen LogP contribution in [0, 0.1) is 5.92 Å². The number of hydrogen-bond donors (Lipinski definition) is 0. The van der Waals surface area contributed by atoms with Gasteiger partial charge in [-0.1, -0.05) is 140 Å². The minimum absolute atomic E-state index is 0.152. The van der Waals surface area contributed by atoms with Gasteiger partial charge in [0, 0.05) is 17.0 Å². The van der Waals surface area contributed by atoms with Crippen LogP contribution >= 0.6 is 0 Å². The molecule has 0 bridgehead atoms. The van der Waals surface area contributed by atoms with Crippen molar-refractivity contribution >= 4 is 49.6 Å². The Morgan fingerprint density at radius 2 is 1.20 bits per heavy atom. The van der Waals surface area contributed by atoms with Crippen LogP contribution in [0.25, 0.3) is 49.1 Å². The third-order valence-corrected chi connectivity index (χ3v) is 9.18. The number of rotatable bonds is 5. The Balaban J connectivity index is 1.33. The Morgan fingerprint density at radius 3 is 1.87 bits per heavy atom. The second-order valence-electron chi connectivity index (χ2n) is 11.9. The molecule has 1 heterocycles. The molecular formula is C43H34N2. The van der Waals surface area contributed by atoms with Crippen LogP contribution in [0.2, 0.25) is 0 Å². The van der Waals surface area contributed by atoms with E-state index in [0.717, 1.165) is 47.6 Å². The third kappa shape index (κ3) is 4.93. The van der Waals surface area contributed by atoms with Crippen molar-refractivity contribution in [3.05, 3.63) is 162 Å². The Morgan fingerprint density at radius 1 is 0.578 bits per heavy atom. The van der Waals surface area contributed by atoms with Gasteiger partial charge in [0.1, 0.15) is 0 Å². The molecule has 1 atom stereocenters. The first-order valence-electron chi connectivity index (χ1n) is 16.0. The van der Waals surface area contributed by atoms with Crippen molar-refractivity contribution in [2.45, 2.75) is 26.2 Å².